The molecule has 0 fully saturated rings. The third-order valence-electron chi connectivity index (χ3n) is 5.13. The smallest absolute Gasteiger partial charge is 0.334 e. The van der Waals surface area contributed by atoms with Gasteiger partial charge in [0.2, 0.25) is 0 Å². The molecule has 1 amide bonds. The normalized spacial score (nSPS) is 12.0. The molecule has 0 radical (unpaired) electrons. The zero-order chi connectivity index (χ0) is 23.9. The van der Waals surface area contributed by atoms with Gasteiger partial charge in [-0.15, -0.1) is 11.3 Å². The van der Waals surface area contributed by atoms with Gasteiger partial charge in [0.05, 0.1) is 34.0 Å². The van der Waals surface area contributed by atoms with Gasteiger partial charge in [-0.05, 0) is 31.5 Å². The number of nitrogens with zero attached hydrogens (tertiary/aromatic N) is 6. The summed E-state index contributed by atoms with van der Waals surface area (Å²) in [5.41, 5.74) is -0.390. The number of hydrogen-bond acceptors (Lipinski definition) is 5. The molecule has 0 aromatic carbocycles. The molecule has 4 aromatic rings. The van der Waals surface area contributed by atoms with Gasteiger partial charge in [0.1, 0.15) is 0 Å². The van der Waals surface area contributed by atoms with Crippen molar-refractivity contribution in [2.75, 3.05) is 7.05 Å². The number of aromatic nitrogens is 5. The predicted molar refractivity (Wildman–Crippen MR) is 119 cm³/mol. The summed E-state index contributed by atoms with van der Waals surface area (Å²) in [6.07, 6.45) is -2.42. The van der Waals surface area contributed by atoms with Crippen LogP contribution in [0.1, 0.15) is 40.6 Å². The summed E-state index contributed by atoms with van der Waals surface area (Å²) < 4.78 is 43.8. The van der Waals surface area contributed by atoms with E-state index in [-0.39, 0.29) is 23.6 Å². The number of alkyl halides is 3. The van der Waals surface area contributed by atoms with Gasteiger partial charge in [0.25, 0.3) is 5.91 Å². The molecule has 174 valence electrons. The van der Waals surface area contributed by atoms with E-state index in [1.54, 1.807) is 10.7 Å². The van der Waals surface area contributed by atoms with Crippen LogP contribution in [-0.2, 0) is 25.7 Å². The Labute approximate surface area is 196 Å². The number of thiophene rings is 1. The minimum Gasteiger partial charge on any atom is -0.334 e. The molecule has 0 spiro atoms. The summed E-state index contributed by atoms with van der Waals surface area (Å²) in [7, 11) is 1.52. The number of carbonyl (C=O) groups is 1. The highest BCUT2D eigenvalue weighted by Crippen LogP contribution is 2.34. The van der Waals surface area contributed by atoms with E-state index in [4.69, 9.17) is 11.6 Å². The molecule has 0 saturated carbocycles. The van der Waals surface area contributed by atoms with Crippen LogP contribution in [0.25, 0.3) is 16.2 Å². The maximum absolute atomic E-state index is 13.8. The predicted octanol–water partition coefficient (Wildman–Crippen LogP) is 5.18. The molecule has 12 heteroatoms. The molecule has 0 bridgehead atoms. The van der Waals surface area contributed by atoms with Crippen molar-refractivity contribution in [1.82, 2.24) is 29.3 Å². The summed E-state index contributed by atoms with van der Waals surface area (Å²) in [4.78, 5) is 20.3. The largest absolute Gasteiger partial charge is 0.433 e. The van der Waals surface area contributed by atoms with Crippen molar-refractivity contribution < 1.29 is 18.0 Å². The van der Waals surface area contributed by atoms with Crippen LogP contribution < -0.4 is 0 Å². The zero-order valence-electron chi connectivity index (χ0n) is 18.0. The molecular weight excluding hydrogens is 477 g/mol. The molecule has 0 atom stereocenters. The lowest BCUT2D eigenvalue weighted by Gasteiger charge is -2.16. The van der Waals surface area contributed by atoms with Crippen LogP contribution in [0.5, 0.6) is 0 Å². The Kier molecular flexibility index (Phi) is 6.19. The third kappa shape index (κ3) is 4.47. The average molecular weight is 497 g/mol. The fraction of sp³-hybridized carbons (Fsp3) is 0.333. The standard InChI is InChI=1S/C21H20ClF3N6OS/c1-4-12-6-7-17(33-12)14-8-18(21(23,24)25)31-19(27-14)9-15(28-31)20(32)29(3)11-16-13(22)10-26-30(16)5-2/h6-10H,4-5,11H2,1-3H3. The van der Waals surface area contributed by atoms with E-state index in [0.717, 1.165) is 17.4 Å². The average Bonchev–Trinajstić information content (AvgIpc) is 3.50. The van der Waals surface area contributed by atoms with E-state index >= 15 is 0 Å². The second kappa shape index (κ2) is 8.79. The summed E-state index contributed by atoms with van der Waals surface area (Å²) in [5, 5.41) is 8.48. The van der Waals surface area contributed by atoms with Crippen LogP contribution in [0, 0.1) is 0 Å². The summed E-state index contributed by atoms with van der Waals surface area (Å²) in [5.74, 6) is -0.556. The number of halogens is 4. The number of amides is 1. The van der Waals surface area contributed by atoms with E-state index in [2.05, 4.69) is 15.2 Å². The summed E-state index contributed by atoms with van der Waals surface area (Å²) in [6.45, 7) is 4.54. The zero-order valence-corrected chi connectivity index (χ0v) is 19.6. The Hall–Kier alpha value is -2.92. The first kappa shape index (κ1) is 23.2. The van der Waals surface area contributed by atoms with Crippen molar-refractivity contribution >= 4 is 34.5 Å². The first-order valence-corrected chi connectivity index (χ1v) is 11.3. The molecule has 0 aliphatic rings. The van der Waals surface area contributed by atoms with Crippen molar-refractivity contribution in [3.05, 3.63) is 57.4 Å². The van der Waals surface area contributed by atoms with Crippen LogP contribution >= 0.6 is 22.9 Å². The SMILES string of the molecule is CCc1ccc(-c2cc(C(F)(F)F)n3nc(C(=O)N(C)Cc4c(Cl)cnn4CC)cc3n2)s1. The summed E-state index contributed by atoms with van der Waals surface area (Å²) >= 11 is 7.55. The van der Waals surface area contributed by atoms with Crippen LogP contribution in [-0.4, -0.2) is 42.2 Å². The molecule has 0 saturated heterocycles. The maximum atomic E-state index is 13.8. The lowest BCUT2D eigenvalue weighted by atomic mass is 10.2. The molecule has 33 heavy (non-hydrogen) atoms. The van der Waals surface area contributed by atoms with Gasteiger partial charge in [0.15, 0.2) is 17.0 Å². The Bertz CT molecular complexity index is 1330. The number of carbonyl (C=O) groups excluding carboxylic acids is 1. The number of aryl methyl sites for hydroxylation is 2. The molecule has 0 N–H and O–H groups in total. The Morgan fingerprint density at radius 2 is 2.00 bits per heavy atom. The molecule has 4 aromatic heterocycles. The van der Waals surface area contributed by atoms with E-state index in [1.807, 2.05) is 19.9 Å². The number of rotatable bonds is 6. The first-order valence-electron chi connectivity index (χ1n) is 10.1. The Morgan fingerprint density at radius 3 is 2.64 bits per heavy atom. The lowest BCUT2D eigenvalue weighted by molar-refractivity contribution is -0.142. The maximum Gasteiger partial charge on any atom is 0.433 e. The minimum absolute atomic E-state index is 0.0559. The van der Waals surface area contributed by atoms with Crippen LogP contribution in [0.3, 0.4) is 0 Å². The van der Waals surface area contributed by atoms with E-state index < -0.39 is 17.8 Å². The monoisotopic (exact) mass is 496 g/mol. The van der Waals surface area contributed by atoms with Crippen molar-refractivity contribution in [3.63, 3.8) is 0 Å². The topological polar surface area (TPSA) is 68.3 Å². The highest BCUT2D eigenvalue weighted by atomic mass is 35.5. The summed E-state index contributed by atoms with van der Waals surface area (Å²) in [6, 6.07) is 5.85. The lowest BCUT2D eigenvalue weighted by Crippen LogP contribution is -2.28. The fourth-order valence-electron chi connectivity index (χ4n) is 3.42. The Morgan fingerprint density at radius 1 is 1.24 bits per heavy atom. The Balaban J connectivity index is 1.73. The van der Waals surface area contributed by atoms with Crippen molar-refractivity contribution in [3.8, 4) is 10.6 Å². The molecule has 0 aliphatic heterocycles. The molecular formula is C21H20ClF3N6OS. The van der Waals surface area contributed by atoms with Crippen molar-refractivity contribution in [2.24, 2.45) is 0 Å². The highest BCUT2D eigenvalue weighted by Gasteiger charge is 2.36. The minimum atomic E-state index is -4.68. The van der Waals surface area contributed by atoms with E-state index in [1.165, 1.54) is 35.5 Å². The van der Waals surface area contributed by atoms with Gasteiger partial charge in [-0.2, -0.15) is 23.4 Å². The molecule has 4 heterocycles. The van der Waals surface area contributed by atoms with Crippen LogP contribution in [0.2, 0.25) is 5.02 Å². The van der Waals surface area contributed by atoms with Gasteiger partial charge in [0, 0.05) is 24.5 Å². The van der Waals surface area contributed by atoms with Crippen molar-refractivity contribution in [1.29, 1.82) is 0 Å². The van der Waals surface area contributed by atoms with Crippen LogP contribution in [0.15, 0.2) is 30.5 Å². The van der Waals surface area contributed by atoms with E-state index in [9.17, 15) is 18.0 Å². The van der Waals surface area contributed by atoms with Crippen LogP contribution in [0.4, 0.5) is 13.2 Å². The van der Waals surface area contributed by atoms with Crippen molar-refractivity contribution in [2.45, 2.75) is 39.5 Å². The number of fused-ring (bicyclic) bond motifs is 1. The third-order valence-corrected chi connectivity index (χ3v) is 6.70. The fourth-order valence-corrected chi connectivity index (χ4v) is 4.53. The van der Waals surface area contributed by atoms with Gasteiger partial charge in [-0.3, -0.25) is 9.48 Å². The molecule has 0 unspecified atom stereocenters. The molecule has 0 aliphatic carbocycles. The second-order valence-corrected chi connectivity index (χ2v) is 8.94. The van der Waals surface area contributed by atoms with Gasteiger partial charge < -0.3 is 4.90 Å². The van der Waals surface area contributed by atoms with Gasteiger partial charge >= 0.3 is 6.18 Å². The molecule has 4 rings (SSSR count). The van der Waals surface area contributed by atoms with Gasteiger partial charge in [-0.1, -0.05) is 18.5 Å². The van der Waals surface area contributed by atoms with E-state index in [0.29, 0.717) is 26.7 Å². The highest BCUT2D eigenvalue weighted by molar-refractivity contribution is 7.15. The molecule has 7 nitrogen and oxygen atoms in total. The quantitative estimate of drug-likeness (QED) is 0.369. The second-order valence-electron chi connectivity index (χ2n) is 7.36. The number of hydrogen-bond donors (Lipinski definition) is 0. The van der Waals surface area contributed by atoms with Gasteiger partial charge in [-0.25, -0.2) is 9.50 Å². The first-order chi connectivity index (χ1) is 15.6.